The number of hydrogen-bond acceptors (Lipinski definition) is 8. The van der Waals surface area contributed by atoms with E-state index < -0.39 is 11.0 Å². The van der Waals surface area contributed by atoms with E-state index in [0.717, 1.165) is 0 Å². The van der Waals surface area contributed by atoms with E-state index >= 15 is 0 Å². The highest BCUT2D eigenvalue weighted by molar-refractivity contribution is 5.77. The molecule has 1 aromatic heterocycles. The summed E-state index contributed by atoms with van der Waals surface area (Å²) in [6.07, 6.45) is 1.52. The molecule has 1 saturated heterocycles. The molecule has 0 bridgehead atoms. The Kier molecular flexibility index (Phi) is 5.27. The van der Waals surface area contributed by atoms with Gasteiger partial charge in [-0.05, 0) is 33.6 Å². The van der Waals surface area contributed by atoms with Crippen LogP contribution in [0.1, 0.15) is 46.4 Å². The van der Waals surface area contributed by atoms with Gasteiger partial charge in [0, 0.05) is 19.5 Å². The summed E-state index contributed by atoms with van der Waals surface area (Å²) in [4.78, 5) is 26.8. The number of ether oxygens (including phenoxy) is 1. The zero-order valence-corrected chi connectivity index (χ0v) is 14.9. The molecule has 3 N–H and O–H groups in total. The summed E-state index contributed by atoms with van der Waals surface area (Å²) in [6.45, 7) is 8.55. The molecule has 134 valence electrons. The molecule has 1 aromatic rings. The number of carbonyl (C=O) groups is 1. The van der Waals surface area contributed by atoms with E-state index in [1.807, 2.05) is 11.8 Å². The molecular weight excluding hydrogens is 310 g/mol. The van der Waals surface area contributed by atoms with Gasteiger partial charge in [0.2, 0.25) is 11.9 Å². The predicted molar refractivity (Wildman–Crippen MR) is 90.4 cm³/mol. The van der Waals surface area contributed by atoms with Crippen molar-refractivity contribution >= 4 is 17.9 Å². The molecule has 2 heterocycles. The fourth-order valence-electron chi connectivity index (χ4n) is 2.93. The molecule has 0 aromatic carbocycles. The highest BCUT2D eigenvalue weighted by atomic mass is 16.5. The zero-order valence-electron chi connectivity index (χ0n) is 14.9. The van der Waals surface area contributed by atoms with Crippen molar-refractivity contribution in [2.45, 2.75) is 52.6 Å². The first-order valence-electron chi connectivity index (χ1n) is 8.38. The second-order valence-electron chi connectivity index (χ2n) is 6.63. The minimum absolute atomic E-state index is 0.199. The van der Waals surface area contributed by atoms with E-state index in [9.17, 15) is 9.90 Å². The maximum Gasteiger partial charge on any atom is 0.314 e. The largest absolute Gasteiger partial charge is 0.465 e. The zero-order chi connectivity index (χ0) is 18.0. The maximum atomic E-state index is 12.2. The minimum atomic E-state index is -1.12. The summed E-state index contributed by atoms with van der Waals surface area (Å²) in [5.74, 6) is 0.990. The third-order valence-corrected chi connectivity index (χ3v) is 4.83. The number of rotatable bonds is 5. The number of piperidine rings is 1. The summed E-state index contributed by atoms with van der Waals surface area (Å²) >= 11 is 0. The van der Waals surface area contributed by atoms with E-state index in [2.05, 4.69) is 15.0 Å². The molecule has 0 atom stereocenters. The Labute approximate surface area is 142 Å². The van der Waals surface area contributed by atoms with Crippen molar-refractivity contribution in [2.75, 3.05) is 30.3 Å². The molecule has 2 rings (SSSR count). The average Bonchev–Trinajstić information content (AvgIpc) is 2.55. The van der Waals surface area contributed by atoms with Crippen LogP contribution in [0.3, 0.4) is 0 Å². The summed E-state index contributed by atoms with van der Waals surface area (Å²) < 4.78 is 5.12. The number of nitrogens with zero attached hydrogens (tertiary/aromatic N) is 4. The topological polar surface area (TPSA) is 114 Å². The van der Waals surface area contributed by atoms with Gasteiger partial charge in [-0.1, -0.05) is 6.92 Å². The molecule has 8 nitrogen and oxygen atoms in total. The molecule has 0 aliphatic carbocycles. The van der Waals surface area contributed by atoms with Crippen molar-refractivity contribution in [2.24, 2.45) is 5.41 Å². The average molecular weight is 337 g/mol. The third-order valence-electron chi connectivity index (χ3n) is 4.83. The number of aryl methyl sites for hydroxylation is 1. The number of hydrogen-bond donors (Lipinski definition) is 2. The highest BCUT2D eigenvalue weighted by Crippen LogP contribution is 2.40. The van der Waals surface area contributed by atoms with Crippen LogP contribution in [0.25, 0.3) is 0 Å². The summed E-state index contributed by atoms with van der Waals surface area (Å²) in [6, 6.07) is 0. The van der Waals surface area contributed by atoms with Crippen molar-refractivity contribution in [3.05, 3.63) is 5.82 Å². The molecule has 0 saturated carbocycles. The summed E-state index contributed by atoms with van der Waals surface area (Å²) in [5, 5.41) is 11.0. The number of esters is 1. The number of carbonyl (C=O) groups excluding carboxylic acids is 1. The Morgan fingerprint density at radius 2 is 1.92 bits per heavy atom. The lowest BCUT2D eigenvalue weighted by atomic mass is 9.69. The van der Waals surface area contributed by atoms with Crippen LogP contribution in [0.5, 0.6) is 0 Å². The lowest BCUT2D eigenvalue weighted by molar-refractivity contribution is -0.173. The molecule has 24 heavy (non-hydrogen) atoms. The van der Waals surface area contributed by atoms with Crippen LogP contribution in [0, 0.1) is 5.41 Å². The number of nitrogens with two attached hydrogens (primary N) is 1. The Bertz CT molecular complexity index is 597. The molecule has 0 spiro atoms. The molecular formula is C16H27N5O3. The third kappa shape index (κ3) is 3.43. The molecule has 0 unspecified atom stereocenters. The first-order chi connectivity index (χ1) is 11.2. The van der Waals surface area contributed by atoms with Gasteiger partial charge in [0.1, 0.15) is 5.82 Å². The van der Waals surface area contributed by atoms with Crippen LogP contribution < -0.4 is 10.6 Å². The van der Waals surface area contributed by atoms with Crippen molar-refractivity contribution in [1.29, 1.82) is 0 Å². The van der Waals surface area contributed by atoms with Crippen LogP contribution >= 0.6 is 0 Å². The SMILES string of the molecule is CCOC(=O)C(C)(C)C1(O)CCN(c2nc(N)nc(CC)n2)CC1. The second-order valence-corrected chi connectivity index (χ2v) is 6.63. The van der Waals surface area contributed by atoms with Crippen LogP contribution in [0.2, 0.25) is 0 Å². The van der Waals surface area contributed by atoms with Crippen LogP contribution in [0.15, 0.2) is 0 Å². The van der Waals surface area contributed by atoms with Crippen molar-refractivity contribution in [1.82, 2.24) is 15.0 Å². The Morgan fingerprint density at radius 3 is 2.46 bits per heavy atom. The first-order valence-corrected chi connectivity index (χ1v) is 8.38. The van der Waals surface area contributed by atoms with Gasteiger partial charge in [-0.2, -0.15) is 15.0 Å². The fraction of sp³-hybridized carbons (Fsp3) is 0.750. The Hall–Kier alpha value is -1.96. The predicted octanol–water partition coefficient (Wildman–Crippen LogP) is 0.937. The van der Waals surface area contributed by atoms with Crippen molar-refractivity contribution < 1.29 is 14.6 Å². The molecule has 1 fully saturated rings. The molecule has 0 amide bonds. The van der Waals surface area contributed by atoms with Gasteiger partial charge >= 0.3 is 5.97 Å². The van der Waals surface area contributed by atoms with Crippen LogP contribution in [0.4, 0.5) is 11.9 Å². The lowest BCUT2D eigenvalue weighted by Crippen LogP contribution is -2.56. The molecule has 1 aliphatic heterocycles. The summed E-state index contributed by atoms with van der Waals surface area (Å²) in [5.41, 5.74) is 3.64. The van der Waals surface area contributed by atoms with E-state index in [-0.39, 0.29) is 11.9 Å². The van der Waals surface area contributed by atoms with E-state index in [4.69, 9.17) is 10.5 Å². The highest BCUT2D eigenvalue weighted by Gasteiger charge is 2.51. The van der Waals surface area contributed by atoms with E-state index in [1.165, 1.54) is 0 Å². The van der Waals surface area contributed by atoms with E-state index in [1.54, 1.807) is 20.8 Å². The smallest absolute Gasteiger partial charge is 0.314 e. The Balaban J connectivity index is 2.12. The van der Waals surface area contributed by atoms with Gasteiger partial charge in [0.05, 0.1) is 17.6 Å². The normalized spacial score (nSPS) is 17.6. The number of aliphatic hydroxyl groups is 1. The first kappa shape index (κ1) is 18.4. The molecule has 1 aliphatic rings. The van der Waals surface area contributed by atoms with Gasteiger partial charge in [0.15, 0.2) is 0 Å². The molecule has 0 radical (unpaired) electrons. The minimum Gasteiger partial charge on any atom is -0.465 e. The quantitative estimate of drug-likeness (QED) is 0.763. The van der Waals surface area contributed by atoms with Gasteiger partial charge in [-0.15, -0.1) is 0 Å². The Morgan fingerprint density at radius 1 is 1.29 bits per heavy atom. The van der Waals surface area contributed by atoms with Crippen molar-refractivity contribution in [3.8, 4) is 0 Å². The van der Waals surface area contributed by atoms with Crippen molar-refractivity contribution in [3.63, 3.8) is 0 Å². The number of anilines is 2. The number of aromatic nitrogens is 3. The van der Waals surface area contributed by atoms with E-state index in [0.29, 0.717) is 50.7 Å². The monoisotopic (exact) mass is 337 g/mol. The second kappa shape index (κ2) is 6.88. The maximum absolute atomic E-state index is 12.2. The van der Waals surface area contributed by atoms with Crippen LogP contribution in [-0.2, 0) is 16.0 Å². The lowest BCUT2D eigenvalue weighted by Gasteiger charge is -2.46. The van der Waals surface area contributed by atoms with Gasteiger partial charge in [0.25, 0.3) is 0 Å². The van der Waals surface area contributed by atoms with Gasteiger partial charge in [-0.3, -0.25) is 4.79 Å². The fourth-order valence-corrected chi connectivity index (χ4v) is 2.93. The standard InChI is InChI=1S/C16H27N5O3/c1-5-11-18-13(17)20-14(19-11)21-9-7-16(23,8-10-21)15(3,4)12(22)24-6-2/h23H,5-10H2,1-4H3,(H2,17,18,19,20). The van der Waals surface area contributed by atoms with Crippen LogP contribution in [-0.4, -0.2) is 51.3 Å². The van der Waals surface area contributed by atoms with Gasteiger partial charge < -0.3 is 20.5 Å². The molecule has 8 heteroatoms. The van der Waals surface area contributed by atoms with Gasteiger partial charge in [-0.25, -0.2) is 0 Å². The number of nitrogen functional groups attached to an aromatic ring is 1. The summed E-state index contributed by atoms with van der Waals surface area (Å²) in [7, 11) is 0.